The first-order chi connectivity index (χ1) is 10.2. The molecule has 3 aromatic rings. The molecule has 0 aliphatic rings. The van der Waals surface area contributed by atoms with E-state index in [-0.39, 0.29) is 0 Å². The Balaban J connectivity index is 2.13. The molecule has 0 aliphatic carbocycles. The zero-order chi connectivity index (χ0) is 14.8. The summed E-state index contributed by atoms with van der Waals surface area (Å²) in [6.45, 7) is 2.73. The van der Waals surface area contributed by atoms with E-state index in [2.05, 4.69) is 43.3 Å². The summed E-state index contributed by atoms with van der Waals surface area (Å²) in [7, 11) is 0. The SMILES string of the molecule is CCc1c(N)cc(C#N)n1Cc1cccc2ccccc12. The van der Waals surface area contributed by atoms with Gasteiger partial charge in [0.25, 0.3) is 0 Å². The molecule has 0 saturated carbocycles. The summed E-state index contributed by atoms with van der Waals surface area (Å²) in [4.78, 5) is 0. The van der Waals surface area contributed by atoms with Crippen LogP contribution in [0.1, 0.15) is 23.9 Å². The van der Waals surface area contributed by atoms with Crippen molar-refractivity contribution in [3.8, 4) is 6.07 Å². The van der Waals surface area contributed by atoms with Gasteiger partial charge >= 0.3 is 0 Å². The van der Waals surface area contributed by atoms with Gasteiger partial charge in [-0.2, -0.15) is 5.26 Å². The third-order valence-corrected chi connectivity index (χ3v) is 3.90. The molecule has 3 nitrogen and oxygen atoms in total. The minimum Gasteiger partial charge on any atom is -0.397 e. The van der Waals surface area contributed by atoms with Gasteiger partial charge in [0.05, 0.1) is 5.69 Å². The molecule has 3 heteroatoms. The molecule has 0 fully saturated rings. The van der Waals surface area contributed by atoms with Crippen LogP contribution in [-0.2, 0) is 13.0 Å². The van der Waals surface area contributed by atoms with Crippen molar-refractivity contribution in [3.05, 3.63) is 65.5 Å². The Kier molecular flexibility index (Phi) is 3.37. The third-order valence-electron chi connectivity index (χ3n) is 3.90. The molecule has 0 aliphatic heterocycles. The molecule has 3 rings (SSSR count). The first-order valence-electron chi connectivity index (χ1n) is 7.09. The number of aromatic nitrogens is 1. The van der Waals surface area contributed by atoms with Gasteiger partial charge in [0.1, 0.15) is 11.8 Å². The molecule has 0 radical (unpaired) electrons. The maximum Gasteiger partial charge on any atom is 0.122 e. The first kappa shape index (κ1) is 13.3. The van der Waals surface area contributed by atoms with E-state index < -0.39 is 0 Å². The Morgan fingerprint density at radius 1 is 1.14 bits per heavy atom. The summed E-state index contributed by atoms with van der Waals surface area (Å²) >= 11 is 0. The smallest absolute Gasteiger partial charge is 0.122 e. The summed E-state index contributed by atoms with van der Waals surface area (Å²) in [6, 6.07) is 18.6. The van der Waals surface area contributed by atoms with Gasteiger partial charge in [-0.3, -0.25) is 0 Å². The lowest BCUT2D eigenvalue weighted by Crippen LogP contribution is -2.07. The molecular formula is C18H17N3. The molecule has 2 N–H and O–H groups in total. The second-order valence-electron chi connectivity index (χ2n) is 5.12. The van der Waals surface area contributed by atoms with Crippen LogP contribution >= 0.6 is 0 Å². The van der Waals surface area contributed by atoms with Crippen LogP contribution in [0.4, 0.5) is 5.69 Å². The van der Waals surface area contributed by atoms with E-state index in [4.69, 9.17) is 5.73 Å². The average molecular weight is 275 g/mol. The van der Waals surface area contributed by atoms with Gasteiger partial charge in [-0.05, 0) is 28.8 Å². The van der Waals surface area contributed by atoms with E-state index in [1.807, 2.05) is 16.7 Å². The zero-order valence-corrected chi connectivity index (χ0v) is 12.0. The lowest BCUT2D eigenvalue weighted by atomic mass is 10.0. The highest BCUT2D eigenvalue weighted by molar-refractivity contribution is 5.85. The number of anilines is 1. The van der Waals surface area contributed by atoms with Crippen molar-refractivity contribution in [2.75, 3.05) is 5.73 Å². The Morgan fingerprint density at radius 3 is 2.67 bits per heavy atom. The highest BCUT2D eigenvalue weighted by Gasteiger charge is 2.12. The molecule has 104 valence electrons. The van der Waals surface area contributed by atoms with Crippen LogP contribution in [0.5, 0.6) is 0 Å². The maximum absolute atomic E-state index is 9.32. The molecule has 0 bridgehead atoms. The quantitative estimate of drug-likeness (QED) is 0.792. The van der Waals surface area contributed by atoms with Gasteiger partial charge in [-0.15, -0.1) is 0 Å². The van der Waals surface area contributed by atoms with Crippen LogP contribution in [0.25, 0.3) is 10.8 Å². The van der Waals surface area contributed by atoms with Crippen molar-refractivity contribution in [2.24, 2.45) is 0 Å². The third kappa shape index (κ3) is 2.25. The molecule has 0 amide bonds. The van der Waals surface area contributed by atoms with Crippen LogP contribution in [0.15, 0.2) is 48.5 Å². The Bertz CT molecular complexity index is 832. The fraction of sp³-hybridized carbons (Fsp3) is 0.167. The molecule has 2 aromatic carbocycles. The highest BCUT2D eigenvalue weighted by Crippen LogP contribution is 2.24. The summed E-state index contributed by atoms with van der Waals surface area (Å²) in [6.07, 6.45) is 0.818. The molecule has 21 heavy (non-hydrogen) atoms. The number of hydrogen-bond donors (Lipinski definition) is 1. The van der Waals surface area contributed by atoms with Crippen LogP contribution in [0, 0.1) is 11.3 Å². The second kappa shape index (κ2) is 5.34. The molecule has 1 aromatic heterocycles. The predicted molar refractivity (Wildman–Crippen MR) is 86.0 cm³/mol. The van der Waals surface area contributed by atoms with Gasteiger partial charge in [-0.25, -0.2) is 0 Å². The Labute approximate surface area is 124 Å². The van der Waals surface area contributed by atoms with Crippen LogP contribution in [0.3, 0.4) is 0 Å². The Hall–Kier alpha value is -2.73. The topological polar surface area (TPSA) is 54.7 Å². The van der Waals surface area contributed by atoms with Crippen molar-refractivity contribution in [2.45, 2.75) is 19.9 Å². The minimum absolute atomic E-state index is 0.622. The monoisotopic (exact) mass is 275 g/mol. The number of fused-ring (bicyclic) bond motifs is 1. The summed E-state index contributed by atoms with van der Waals surface area (Å²) < 4.78 is 2.02. The predicted octanol–water partition coefficient (Wildman–Crippen LogP) is 3.71. The number of nitrogens with two attached hydrogens (primary N) is 1. The largest absolute Gasteiger partial charge is 0.397 e. The number of nitriles is 1. The number of nitrogen functional groups attached to an aromatic ring is 1. The fourth-order valence-corrected chi connectivity index (χ4v) is 2.88. The van der Waals surface area contributed by atoms with Crippen LogP contribution in [0.2, 0.25) is 0 Å². The summed E-state index contributed by atoms with van der Waals surface area (Å²) in [5, 5.41) is 11.8. The van der Waals surface area contributed by atoms with Crippen molar-refractivity contribution in [3.63, 3.8) is 0 Å². The van der Waals surface area contributed by atoms with Gasteiger partial charge in [0, 0.05) is 12.2 Å². The van der Waals surface area contributed by atoms with E-state index in [9.17, 15) is 5.26 Å². The number of nitrogens with zero attached hydrogens (tertiary/aromatic N) is 2. The van der Waals surface area contributed by atoms with Crippen molar-refractivity contribution in [1.82, 2.24) is 4.57 Å². The van der Waals surface area contributed by atoms with E-state index in [0.717, 1.165) is 12.1 Å². The lowest BCUT2D eigenvalue weighted by molar-refractivity contribution is 0.746. The van der Waals surface area contributed by atoms with Gasteiger partial charge in [0.15, 0.2) is 0 Å². The van der Waals surface area contributed by atoms with Crippen molar-refractivity contribution >= 4 is 16.5 Å². The highest BCUT2D eigenvalue weighted by atomic mass is 15.0. The molecule has 1 heterocycles. The lowest BCUT2D eigenvalue weighted by Gasteiger charge is -2.12. The number of rotatable bonds is 3. The Morgan fingerprint density at radius 2 is 1.90 bits per heavy atom. The standard InChI is InChI=1S/C18H17N3/c1-2-18-17(20)10-15(11-19)21(18)12-14-8-5-7-13-6-3-4-9-16(13)14/h3-10H,2,12,20H2,1H3. The minimum atomic E-state index is 0.622. The molecule has 0 atom stereocenters. The van der Waals surface area contributed by atoms with Crippen molar-refractivity contribution < 1.29 is 0 Å². The molecular weight excluding hydrogens is 258 g/mol. The second-order valence-corrected chi connectivity index (χ2v) is 5.12. The number of hydrogen-bond acceptors (Lipinski definition) is 2. The van der Waals surface area contributed by atoms with E-state index in [1.165, 1.54) is 16.3 Å². The van der Waals surface area contributed by atoms with Gasteiger partial charge in [0.2, 0.25) is 0 Å². The average Bonchev–Trinajstić information content (AvgIpc) is 2.82. The first-order valence-corrected chi connectivity index (χ1v) is 7.09. The fourth-order valence-electron chi connectivity index (χ4n) is 2.88. The van der Waals surface area contributed by atoms with Crippen LogP contribution < -0.4 is 5.73 Å². The zero-order valence-electron chi connectivity index (χ0n) is 12.0. The van der Waals surface area contributed by atoms with E-state index in [0.29, 0.717) is 17.9 Å². The van der Waals surface area contributed by atoms with Crippen molar-refractivity contribution in [1.29, 1.82) is 5.26 Å². The van der Waals surface area contributed by atoms with Crippen LogP contribution in [-0.4, -0.2) is 4.57 Å². The molecule has 0 unspecified atom stereocenters. The molecule has 0 spiro atoms. The molecule has 0 saturated heterocycles. The summed E-state index contributed by atoms with van der Waals surface area (Å²) in [5.74, 6) is 0. The number of benzene rings is 2. The summed E-state index contributed by atoms with van der Waals surface area (Å²) in [5.41, 5.74) is 9.58. The van der Waals surface area contributed by atoms with E-state index >= 15 is 0 Å². The van der Waals surface area contributed by atoms with Gasteiger partial charge in [-0.1, -0.05) is 49.4 Å². The van der Waals surface area contributed by atoms with E-state index in [1.54, 1.807) is 6.07 Å². The normalized spacial score (nSPS) is 10.7. The maximum atomic E-state index is 9.32. The van der Waals surface area contributed by atoms with Gasteiger partial charge < -0.3 is 10.3 Å².